The molecule has 1 saturated heterocycles. The van der Waals surface area contributed by atoms with Gasteiger partial charge in [-0.2, -0.15) is 0 Å². The molecule has 0 saturated carbocycles. The standard InChI is InChI=1S/C22H36N2O4S/c1-4-6-11-18(5-2)17-23-29(26,27)19-12-13-21(28-3)20(16-19)22(25)24-14-9-7-8-10-15-24/h12-13,16,18,23H,4-11,14-15,17H2,1-3H3/t18-/m0/s1. The lowest BCUT2D eigenvalue weighted by atomic mass is 10.00. The zero-order chi connectivity index (χ0) is 21.3. The van der Waals surface area contributed by atoms with Gasteiger partial charge in [0.05, 0.1) is 17.6 Å². The number of rotatable bonds is 10. The van der Waals surface area contributed by atoms with Crippen LogP contribution in [0.25, 0.3) is 0 Å². The number of carbonyl (C=O) groups is 1. The summed E-state index contributed by atoms with van der Waals surface area (Å²) in [5, 5.41) is 0. The van der Waals surface area contributed by atoms with Gasteiger partial charge in [-0.05, 0) is 43.4 Å². The number of likely N-dealkylation sites (tertiary alicyclic amines) is 1. The highest BCUT2D eigenvalue weighted by Crippen LogP contribution is 2.25. The number of sulfonamides is 1. The van der Waals surface area contributed by atoms with Gasteiger partial charge in [0.2, 0.25) is 10.0 Å². The van der Waals surface area contributed by atoms with Crippen molar-refractivity contribution in [3.05, 3.63) is 23.8 Å². The molecule has 29 heavy (non-hydrogen) atoms. The van der Waals surface area contributed by atoms with Gasteiger partial charge < -0.3 is 9.64 Å². The van der Waals surface area contributed by atoms with Crippen LogP contribution in [0.15, 0.2) is 23.1 Å². The number of nitrogens with zero attached hydrogens (tertiary/aromatic N) is 1. The molecule has 0 aliphatic carbocycles. The summed E-state index contributed by atoms with van der Waals surface area (Å²) in [4.78, 5) is 15.0. The summed E-state index contributed by atoms with van der Waals surface area (Å²) < 4.78 is 33.8. The molecule has 2 rings (SSSR count). The summed E-state index contributed by atoms with van der Waals surface area (Å²) in [6.45, 7) is 6.04. The number of benzene rings is 1. The Morgan fingerprint density at radius 1 is 1.17 bits per heavy atom. The van der Waals surface area contributed by atoms with Gasteiger partial charge in [0.1, 0.15) is 5.75 Å². The molecule has 6 nitrogen and oxygen atoms in total. The van der Waals surface area contributed by atoms with Crippen LogP contribution >= 0.6 is 0 Å². The van der Waals surface area contributed by atoms with E-state index in [2.05, 4.69) is 18.6 Å². The number of amides is 1. The summed E-state index contributed by atoms with van der Waals surface area (Å²) >= 11 is 0. The maximum absolute atomic E-state index is 13.1. The maximum Gasteiger partial charge on any atom is 0.257 e. The van der Waals surface area contributed by atoms with Gasteiger partial charge in [-0.25, -0.2) is 13.1 Å². The molecule has 0 radical (unpaired) electrons. The largest absolute Gasteiger partial charge is 0.496 e. The molecule has 1 heterocycles. The van der Waals surface area contributed by atoms with E-state index in [1.54, 1.807) is 6.07 Å². The molecule has 0 unspecified atom stereocenters. The summed E-state index contributed by atoms with van der Waals surface area (Å²) in [5.74, 6) is 0.573. The SMILES string of the molecule is CCCC[C@H](CC)CNS(=O)(=O)c1ccc(OC)c(C(=O)N2CCCCCC2)c1. The molecule has 164 valence electrons. The molecule has 0 spiro atoms. The van der Waals surface area contributed by atoms with Crippen molar-refractivity contribution >= 4 is 15.9 Å². The van der Waals surface area contributed by atoms with Gasteiger partial charge in [0.25, 0.3) is 5.91 Å². The van der Waals surface area contributed by atoms with Crippen LogP contribution in [0.5, 0.6) is 5.75 Å². The highest BCUT2D eigenvalue weighted by molar-refractivity contribution is 7.89. The molecule has 1 N–H and O–H groups in total. The Hall–Kier alpha value is -1.60. The Kier molecular flexibility index (Phi) is 9.43. The van der Waals surface area contributed by atoms with Crippen LogP contribution in [-0.4, -0.2) is 46.0 Å². The summed E-state index contributed by atoms with van der Waals surface area (Å²) in [5.41, 5.74) is 0.315. The van der Waals surface area contributed by atoms with Gasteiger partial charge in [-0.1, -0.05) is 46.0 Å². The van der Waals surface area contributed by atoms with Gasteiger partial charge in [-0.15, -0.1) is 0 Å². The number of unbranched alkanes of at least 4 members (excludes halogenated alkanes) is 1. The van der Waals surface area contributed by atoms with Crippen molar-refractivity contribution in [1.82, 2.24) is 9.62 Å². The van der Waals surface area contributed by atoms with Crippen molar-refractivity contribution in [2.45, 2.75) is 70.1 Å². The molecule has 1 amide bonds. The van der Waals surface area contributed by atoms with Crippen molar-refractivity contribution in [2.24, 2.45) is 5.92 Å². The molecule has 0 aromatic heterocycles. The highest BCUT2D eigenvalue weighted by Gasteiger charge is 2.24. The van der Waals surface area contributed by atoms with Gasteiger partial charge in [0, 0.05) is 19.6 Å². The molecule has 1 aliphatic rings. The Bertz CT molecular complexity index is 756. The second-order valence-electron chi connectivity index (χ2n) is 7.84. The van der Waals surface area contributed by atoms with Crippen molar-refractivity contribution in [3.63, 3.8) is 0 Å². The number of hydrogen-bond acceptors (Lipinski definition) is 4. The fraction of sp³-hybridized carbons (Fsp3) is 0.682. The lowest BCUT2D eigenvalue weighted by Crippen LogP contribution is -2.33. The molecule has 1 aromatic rings. The van der Waals surface area contributed by atoms with Crippen LogP contribution in [0.2, 0.25) is 0 Å². The lowest BCUT2D eigenvalue weighted by Gasteiger charge is -2.22. The first-order valence-corrected chi connectivity index (χ1v) is 12.4. The second-order valence-corrected chi connectivity index (χ2v) is 9.60. The molecule has 7 heteroatoms. The van der Waals surface area contributed by atoms with E-state index in [1.165, 1.54) is 19.2 Å². The Balaban J connectivity index is 2.20. The predicted molar refractivity (Wildman–Crippen MR) is 116 cm³/mol. The average molecular weight is 425 g/mol. The molecular formula is C22H36N2O4S. The fourth-order valence-corrected chi connectivity index (χ4v) is 4.86. The third-order valence-electron chi connectivity index (χ3n) is 5.71. The first kappa shape index (κ1) is 23.7. The summed E-state index contributed by atoms with van der Waals surface area (Å²) in [6.07, 6.45) is 8.33. The fourth-order valence-electron chi connectivity index (χ4n) is 3.72. The minimum Gasteiger partial charge on any atom is -0.496 e. The highest BCUT2D eigenvalue weighted by atomic mass is 32.2. The number of nitrogens with one attached hydrogen (secondary N) is 1. The molecule has 1 aliphatic heterocycles. The Labute approximate surface area is 176 Å². The number of methoxy groups -OCH3 is 1. The first-order valence-electron chi connectivity index (χ1n) is 10.9. The van der Waals surface area contributed by atoms with Gasteiger partial charge in [0.15, 0.2) is 0 Å². The van der Waals surface area contributed by atoms with E-state index < -0.39 is 10.0 Å². The summed E-state index contributed by atoms with van der Waals surface area (Å²) in [7, 11) is -2.19. The zero-order valence-corrected chi connectivity index (χ0v) is 18.9. The topological polar surface area (TPSA) is 75.7 Å². The van der Waals surface area contributed by atoms with Gasteiger partial charge in [-0.3, -0.25) is 4.79 Å². The molecule has 1 fully saturated rings. The van der Waals surface area contributed by atoms with E-state index in [4.69, 9.17) is 4.74 Å². The van der Waals surface area contributed by atoms with E-state index in [0.717, 1.165) is 51.4 Å². The average Bonchev–Trinajstić information content (AvgIpc) is 3.02. The molecular weight excluding hydrogens is 388 g/mol. The zero-order valence-electron chi connectivity index (χ0n) is 18.1. The van der Waals surface area contributed by atoms with Crippen molar-refractivity contribution in [3.8, 4) is 5.75 Å². The van der Waals surface area contributed by atoms with Crippen molar-refractivity contribution in [1.29, 1.82) is 0 Å². The van der Waals surface area contributed by atoms with E-state index in [-0.39, 0.29) is 10.8 Å². The van der Waals surface area contributed by atoms with Crippen LogP contribution in [0.4, 0.5) is 0 Å². The quantitative estimate of drug-likeness (QED) is 0.611. The monoisotopic (exact) mass is 424 g/mol. The van der Waals surface area contributed by atoms with Crippen LogP contribution in [0.1, 0.15) is 75.6 Å². The van der Waals surface area contributed by atoms with Gasteiger partial charge >= 0.3 is 0 Å². The van der Waals surface area contributed by atoms with Crippen LogP contribution in [0.3, 0.4) is 0 Å². The Morgan fingerprint density at radius 2 is 1.86 bits per heavy atom. The molecule has 1 atom stereocenters. The predicted octanol–water partition coefficient (Wildman–Crippen LogP) is 4.21. The maximum atomic E-state index is 13.1. The van der Waals surface area contributed by atoms with Crippen LogP contribution in [-0.2, 0) is 10.0 Å². The Morgan fingerprint density at radius 3 is 2.45 bits per heavy atom. The lowest BCUT2D eigenvalue weighted by molar-refractivity contribution is 0.0758. The van der Waals surface area contributed by atoms with E-state index in [0.29, 0.717) is 36.9 Å². The number of hydrogen-bond donors (Lipinski definition) is 1. The molecule has 0 bridgehead atoms. The minimum atomic E-state index is -3.69. The van der Waals surface area contributed by atoms with Crippen LogP contribution in [0, 0.1) is 5.92 Å². The van der Waals surface area contributed by atoms with Crippen molar-refractivity contribution in [2.75, 3.05) is 26.7 Å². The third kappa shape index (κ3) is 6.71. The van der Waals surface area contributed by atoms with E-state index in [1.807, 2.05) is 4.90 Å². The molecule has 1 aromatic carbocycles. The third-order valence-corrected chi connectivity index (χ3v) is 7.13. The normalized spacial score (nSPS) is 16.3. The number of ether oxygens (including phenoxy) is 1. The second kappa shape index (κ2) is 11.6. The smallest absolute Gasteiger partial charge is 0.257 e. The number of carbonyl (C=O) groups excluding carboxylic acids is 1. The minimum absolute atomic E-state index is 0.113. The van der Waals surface area contributed by atoms with Crippen molar-refractivity contribution < 1.29 is 17.9 Å². The van der Waals surface area contributed by atoms with E-state index in [9.17, 15) is 13.2 Å². The van der Waals surface area contributed by atoms with Crippen LogP contribution < -0.4 is 9.46 Å². The van der Waals surface area contributed by atoms with E-state index >= 15 is 0 Å². The first-order chi connectivity index (χ1) is 13.9. The summed E-state index contributed by atoms with van der Waals surface area (Å²) in [6, 6.07) is 4.54.